The second-order valence-corrected chi connectivity index (χ2v) is 7.66. The Kier molecular flexibility index (Phi) is 5.46. The van der Waals surface area contributed by atoms with Gasteiger partial charge in [-0.2, -0.15) is 0 Å². The molecule has 2 aliphatic heterocycles. The van der Waals surface area contributed by atoms with Gasteiger partial charge in [-0.1, -0.05) is 29.3 Å². The number of rotatable bonds is 4. The van der Waals surface area contributed by atoms with Crippen molar-refractivity contribution in [1.82, 2.24) is 15.1 Å². The molecule has 5 nitrogen and oxygen atoms in total. The maximum Gasteiger partial charge on any atom is 0.239 e. The number of fused-ring (bicyclic) bond motifs is 1. The van der Waals surface area contributed by atoms with E-state index in [-0.39, 0.29) is 17.9 Å². The minimum atomic E-state index is -0.166. The van der Waals surface area contributed by atoms with E-state index in [1.54, 1.807) is 11.8 Å². The van der Waals surface area contributed by atoms with Crippen LogP contribution in [0.4, 0.5) is 0 Å². The number of hydrogen-bond donors (Lipinski definition) is 1. The molecule has 130 valence electrons. The van der Waals surface area contributed by atoms with Crippen molar-refractivity contribution < 1.29 is 9.59 Å². The van der Waals surface area contributed by atoms with Crippen LogP contribution in [0.3, 0.4) is 0 Å². The summed E-state index contributed by atoms with van der Waals surface area (Å²) in [7, 11) is 0. The Morgan fingerprint density at radius 3 is 2.71 bits per heavy atom. The Labute approximate surface area is 147 Å². The molecule has 1 aromatic carbocycles. The Morgan fingerprint density at radius 2 is 1.96 bits per heavy atom. The van der Waals surface area contributed by atoms with Gasteiger partial charge in [0.2, 0.25) is 11.8 Å². The van der Waals surface area contributed by atoms with Crippen molar-refractivity contribution >= 4 is 23.6 Å². The van der Waals surface area contributed by atoms with Gasteiger partial charge in [0, 0.05) is 38.5 Å². The molecule has 2 heterocycles. The average Bonchev–Trinajstić information content (AvgIpc) is 2.54. The Morgan fingerprint density at radius 1 is 1.21 bits per heavy atom. The summed E-state index contributed by atoms with van der Waals surface area (Å²) in [5.74, 6) is 1.52. The van der Waals surface area contributed by atoms with Crippen molar-refractivity contribution in [2.45, 2.75) is 25.6 Å². The monoisotopic (exact) mass is 347 g/mol. The van der Waals surface area contributed by atoms with Crippen molar-refractivity contribution in [1.29, 1.82) is 0 Å². The van der Waals surface area contributed by atoms with E-state index in [4.69, 9.17) is 0 Å². The van der Waals surface area contributed by atoms with E-state index in [2.05, 4.69) is 42.3 Å². The fourth-order valence-electron chi connectivity index (χ4n) is 3.50. The van der Waals surface area contributed by atoms with Crippen LogP contribution in [0.15, 0.2) is 18.2 Å². The van der Waals surface area contributed by atoms with Gasteiger partial charge in [-0.3, -0.25) is 14.5 Å². The molecular weight excluding hydrogens is 322 g/mol. The largest absolute Gasteiger partial charge is 0.353 e. The van der Waals surface area contributed by atoms with E-state index < -0.39 is 0 Å². The van der Waals surface area contributed by atoms with Crippen LogP contribution < -0.4 is 5.32 Å². The molecular formula is C18H25N3O2S. The number of aryl methyl sites for hydroxylation is 2. The standard InChI is InChI=1S/C18H25N3O2S/c1-13-7-14(2)9-15(8-13)11-24-12-17(22)21-6-5-20-4-3-19-18(23)16(20)10-21/h7-9,16H,3-6,10-12H2,1-2H3,(H,19,23). The topological polar surface area (TPSA) is 52.7 Å². The molecule has 0 saturated carbocycles. The van der Waals surface area contributed by atoms with Crippen LogP contribution in [0.5, 0.6) is 0 Å². The van der Waals surface area contributed by atoms with Gasteiger partial charge in [0.25, 0.3) is 0 Å². The van der Waals surface area contributed by atoms with Gasteiger partial charge < -0.3 is 10.2 Å². The normalized spacial score (nSPS) is 21.3. The lowest BCUT2D eigenvalue weighted by atomic mass is 10.1. The Bertz CT molecular complexity index is 614. The van der Waals surface area contributed by atoms with Crippen LogP contribution in [0.1, 0.15) is 16.7 Å². The highest BCUT2D eigenvalue weighted by Crippen LogP contribution is 2.18. The van der Waals surface area contributed by atoms with Crippen molar-refractivity contribution in [3.8, 4) is 0 Å². The molecule has 3 rings (SSSR count). The number of carbonyl (C=O) groups excluding carboxylic acids is 2. The summed E-state index contributed by atoms with van der Waals surface area (Å²) in [6.45, 7) is 7.85. The molecule has 2 aliphatic rings. The molecule has 2 fully saturated rings. The summed E-state index contributed by atoms with van der Waals surface area (Å²) in [5.41, 5.74) is 3.79. The smallest absolute Gasteiger partial charge is 0.239 e. The molecule has 0 aliphatic carbocycles. The highest BCUT2D eigenvalue weighted by molar-refractivity contribution is 7.99. The van der Waals surface area contributed by atoms with E-state index in [0.717, 1.165) is 31.9 Å². The van der Waals surface area contributed by atoms with Crippen LogP contribution in [0.2, 0.25) is 0 Å². The number of nitrogens with one attached hydrogen (secondary N) is 1. The van der Waals surface area contributed by atoms with Crippen molar-refractivity contribution in [2.75, 3.05) is 38.5 Å². The number of benzene rings is 1. The molecule has 2 saturated heterocycles. The lowest BCUT2D eigenvalue weighted by molar-refractivity contribution is -0.138. The number of piperazine rings is 2. The van der Waals surface area contributed by atoms with Crippen molar-refractivity contribution in [3.05, 3.63) is 34.9 Å². The third-order valence-corrected chi connectivity index (χ3v) is 5.61. The second kappa shape index (κ2) is 7.57. The van der Waals surface area contributed by atoms with Crippen LogP contribution in [0, 0.1) is 13.8 Å². The molecule has 2 amide bonds. The van der Waals surface area contributed by atoms with E-state index in [0.29, 0.717) is 12.3 Å². The zero-order valence-corrected chi connectivity index (χ0v) is 15.2. The molecule has 1 aromatic rings. The van der Waals surface area contributed by atoms with Gasteiger partial charge in [-0.25, -0.2) is 0 Å². The number of amides is 2. The number of carbonyl (C=O) groups is 2. The third-order valence-electron chi connectivity index (χ3n) is 4.62. The maximum absolute atomic E-state index is 12.5. The summed E-state index contributed by atoms with van der Waals surface area (Å²) in [5, 5.41) is 2.89. The minimum Gasteiger partial charge on any atom is -0.353 e. The highest BCUT2D eigenvalue weighted by atomic mass is 32.2. The molecule has 0 spiro atoms. The number of nitrogens with zero attached hydrogens (tertiary/aromatic N) is 2. The van der Waals surface area contributed by atoms with Crippen LogP contribution in [-0.2, 0) is 15.3 Å². The summed E-state index contributed by atoms with van der Waals surface area (Å²) in [6.07, 6.45) is 0. The number of hydrogen-bond acceptors (Lipinski definition) is 4. The first kappa shape index (κ1) is 17.3. The molecule has 1 N–H and O–H groups in total. The lowest BCUT2D eigenvalue weighted by Gasteiger charge is -2.43. The second-order valence-electron chi connectivity index (χ2n) is 6.67. The zero-order chi connectivity index (χ0) is 17.1. The van der Waals surface area contributed by atoms with Crippen LogP contribution >= 0.6 is 11.8 Å². The predicted molar refractivity (Wildman–Crippen MR) is 97.0 cm³/mol. The van der Waals surface area contributed by atoms with Crippen LogP contribution in [0.25, 0.3) is 0 Å². The van der Waals surface area contributed by atoms with E-state index in [1.165, 1.54) is 16.7 Å². The van der Waals surface area contributed by atoms with Gasteiger partial charge >= 0.3 is 0 Å². The summed E-state index contributed by atoms with van der Waals surface area (Å²) in [6, 6.07) is 6.35. The zero-order valence-electron chi connectivity index (χ0n) is 14.4. The Balaban J connectivity index is 1.49. The molecule has 0 aromatic heterocycles. The van der Waals surface area contributed by atoms with Crippen molar-refractivity contribution in [2.24, 2.45) is 0 Å². The minimum absolute atomic E-state index is 0.0571. The first-order valence-electron chi connectivity index (χ1n) is 8.47. The first-order chi connectivity index (χ1) is 11.5. The molecule has 1 atom stereocenters. The van der Waals surface area contributed by atoms with Gasteiger partial charge in [0.05, 0.1) is 5.75 Å². The van der Waals surface area contributed by atoms with E-state index in [1.807, 2.05) is 4.90 Å². The molecule has 1 unspecified atom stereocenters. The summed E-state index contributed by atoms with van der Waals surface area (Å²) in [4.78, 5) is 28.5. The van der Waals surface area contributed by atoms with Crippen LogP contribution in [-0.4, -0.2) is 66.1 Å². The number of thioether (sulfide) groups is 1. The van der Waals surface area contributed by atoms with Gasteiger partial charge in [0.1, 0.15) is 6.04 Å². The SMILES string of the molecule is Cc1cc(C)cc(CSCC(=O)N2CCN3CCNC(=O)C3C2)c1. The summed E-state index contributed by atoms with van der Waals surface area (Å²) < 4.78 is 0. The average molecular weight is 347 g/mol. The molecule has 0 radical (unpaired) electrons. The Hall–Kier alpha value is -1.53. The predicted octanol–water partition coefficient (Wildman–Crippen LogP) is 1.18. The summed E-state index contributed by atoms with van der Waals surface area (Å²) >= 11 is 1.65. The first-order valence-corrected chi connectivity index (χ1v) is 9.63. The van der Waals surface area contributed by atoms with Gasteiger partial charge in [0.15, 0.2) is 0 Å². The quantitative estimate of drug-likeness (QED) is 0.889. The molecule has 6 heteroatoms. The fraction of sp³-hybridized carbons (Fsp3) is 0.556. The van der Waals surface area contributed by atoms with E-state index in [9.17, 15) is 9.59 Å². The van der Waals surface area contributed by atoms with Gasteiger partial charge in [-0.15, -0.1) is 11.8 Å². The van der Waals surface area contributed by atoms with Gasteiger partial charge in [-0.05, 0) is 19.4 Å². The van der Waals surface area contributed by atoms with E-state index >= 15 is 0 Å². The maximum atomic E-state index is 12.5. The molecule has 0 bridgehead atoms. The van der Waals surface area contributed by atoms with Crippen molar-refractivity contribution in [3.63, 3.8) is 0 Å². The lowest BCUT2D eigenvalue weighted by Crippen LogP contribution is -2.64. The molecule has 24 heavy (non-hydrogen) atoms. The third kappa shape index (κ3) is 4.11. The highest BCUT2D eigenvalue weighted by Gasteiger charge is 2.36. The fourth-order valence-corrected chi connectivity index (χ4v) is 4.37.